The Morgan fingerprint density at radius 2 is 1.82 bits per heavy atom. The van der Waals surface area contributed by atoms with E-state index in [0.717, 1.165) is 0 Å². The molecule has 34 heavy (non-hydrogen) atoms. The van der Waals surface area contributed by atoms with Gasteiger partial charge in [0, 0.05) is 50.4 Å². The highest BCUT2D eigenvalue weighted by Crippen LogP contribution is 2.29. The van der Waals surface area contributed by atoms with Gasteiger partial charge in [0.25, 0.3) is 0 Å². The molecule has 1 aliphatic rings. The lowest BCUT2D eigenvalue weighted by Crippen LogP contribution is -2.53. The van der Waals surface area contributed by atoms with E-state index in [9.17, 15) is 26.7 Å². The third-order valence-electron chi connectivity index (χ3n) is 5.31. The Labute approximate surface area is 189 Å². The summed E-state index contributed by atoms with van der Waals surface area (Å²) in [7, 11) is 1.61. The molecule has 0 atom stereocenters. The second-order valence-corrected chi connectivity index (χ2v) is 7.59. The number of hydrogen-bond donors (Lipinski definition) is 0. The van der Waals surface area contributed by atoms with E-state index in [1.54, 1.807) is 11.9 Å². The molecule has 0 radical (unpaired) electrons. The van der Waals surface area contributed by atoms with Crippen molar-refractivity contribution in [1.82, 2.24) is 29.9 Å². The molecule has 0 amide bonds. The van der Waals surface area contributed by atoms with Crippen molar-refractivity contribution in [3.8, 4) is 11.5 Å². The molecule has 0 spiro atoms. The summed E-state index contributed by atoms with van der Waals surface area (Å²) in [6.07, 6.45) is -0.427. The van der Waals surface area contributed by atoms with Crippen LogP contribution < -0.4 is 10.3 Å². The zero-order valence-electron chi connectivity index (χ0n) is 17.7. The molecule has 0 N–H and O–H groups in total. The number of ether oxygens (including phenoxy) is 1. The summed E-state index contributed by atoms with van der Waals surface area (Å²) in [6, 6.07) is 1.38. The average Bonchev–Trinajstić information content (AvgIpc) is 3.01. The quantitative estimate of drug-likeness (QED) is 0.472. The van der Waals surface area contributed by atoms with Crippen LogP contribution >= 0.6 is 0 Å². The number of aromatic nitrogens is 6. The highest BCUT2D eigenvalue weighted by molar-refractivity contribution is 5.52. The molecule has 0 aliphatic carbocycles. The molecule has 1 aliphatic heterocycles. The molecule has 0 aromatic carbocycles. The van der Waals surface area contributed by atoms with Crippen molar-refractivity contribution in [3.05, 3.63) is 57.9 Å². The van der Waals surface area contributed by atoms with Crippen molar-refractivity contribution in [2.75, 3.05) is 18.0 Å². The Morgan fingerprint density at radius 1 is 1.12 bits per heavy atom. The van der Waals surface area contributed by atoms with Crippen molar-refractivity contribution >= 4 is 5.69 Å². The topological polar surface area (TPSA) is 98.9 Å². The maximum Gasteiger partial charge on any atom is 0.419 e. The minimum absolute atomic E-state index is 0.0178. The van der Waals surface area contributed by atoms with E-state index in [1.807, 2.05) is 0 Å². The largest absolute Gasteiger partial charge is 0.419 e. The van der Waals surface area contributed by atoms with Gasteiger partial charge in [-0.1, -0.05) is 5.21 Å². The van der Waals surface area contributed by atoms with Crippen molar-refractivity contribution in [1.29, 1.82) is 0 Å². The Bertz CT molecular complexity index is 1210. The van der Waals surface area contributed by atoms with Gasteiger partial charge < -0.3 is 9.64 Å². The second-order valence-electron chi connectivity index (χ2n) is 7.59. The zero-order valence-corrected chi connectivity index (χ0v) is 17.7. The highest BCUT2D eigenvalue weighted by Gasteiger charge is 2.32. The van der Waals surface area contributed by atoms with Gasteiger partial charge in [-0.05, 0) is 12.8 Å². The molecule has 180 valence electrons. The number of halogens is 5. The lowest BCUT2D eigenvalue weighted by Gasteiger charge is -2.39. The fourth-order valence-corrected chi connectivity index (χ4v) is 3.45. The van der Waals surface area contributed by atoms with Crippen LogP contribution in [0.25, 0.3) is 11.5 Å². The highest BCUT2D eigenvalue weighted by atomic mass is 19.4. The van der Waals surface area contributed by atoms with Crippen molar-refractivity contribution in [2.45, 2.75) is 31.7 Å². The van der Waals surface area contributed by atoms with Gasteiger partial charge in [-0.15, -0.1) is 5.10 Å². The van der Waals surface area contributed by atoms with E-state index >= 15 is 0 Å². The normalized spacial score (nSPS) is 14.5. The molecule has 3 aromatic rings. The molecule has 0 bridgehead atoms. The minimum atomic E-state index is -4.56. The van der Waals surface area contributed by atoms with Crippen LogP contribution in [0.4, 0.5) is 27.6 Å². The fraction of sp³-hybridized carbons (Fsp3) is 0.400. The molecule has 4 rings (SSSR count). The summed E-state index contributed by atoms with van der Waals surface area (Å²) >= 11 is 0. The van der Waals surface area contributed by atoms with Gasteiger partial charge in [0.05, 0.1) is 29.2 Å². The van der Waals surface area contributed by atoms with Gasteiger partial charge in [-0.3, -0.25) is 14.5 Å². The first-order valence-electron chi connectivity index (χ1n) is 10.1. The second kappa shape index (κ2) is 9.37. The first-order valence-corrected chi connectivity index (χ1v) is 10.1. The van der Waals surface area contributed by atoms with Crippen LogP contribution in [0.15, 0.2) is 35.6 Å². The molecule has 0 unspecified atom stereocenters. The molecule has 4 heterocycles. The number of anilines is 1. The SMILES string of the molecule is Cn1nnc(-c2ncc(C(F)(F)F)cn2)c1CCc1cncc(N2CC(OC(F)F)C2)cc1=O. The molecule has 1 fully saturated rings. The van der Waals surface area contributed by atoms with Crippen LogP contribution in [-0.2, 0) is 30.8 Å². The van der Waals surface area contributed by atoms with Crippen LogP contribution in [0, 0.1) is 0 Å². The van der Waals surface area contributed by atoms with E-state index < -0.39 is 24.5 Å². The lowest BCUT2D eigenvalue weighted by molar-refractivity contribution is -0.167. The Morgan fingerprint density at radius 3 is 2.47 bits per heavy atom. The van der Waals surface area contributed by atoms with Gasteiger partial charge >= 0.3 is 12.8 Å². The summed E-state index contributed by atoms with van der Waals surface area (Å²) < 4.78 is 68.7. The smallest absolute Gasteiger partial charge is 0.365 e. The van der Waals surface area contributed by atoms with Gasteiger partial charge in [0.1, 0.15) is 0 Å². The summed E-state index contributed by atoms with van der Waals surface area (Å²) in [5.74, 6) is -0.0178. The van der Waals surface area contributed by atoms with E-state index in [2.05, 4.69) is 30.0 Å². The number of alkyl halides is 5. The van der Waals surface area contributed by atoms with Crippen LogP contribution in [0.3, 0.4) is 0 Å². The summed E-state index contributed by atoms with van der Waals surface area (Å²) in [5.41, 5.74) is 0.335. The van der Waals surface area contributed by atoms with Gasteiger partial charge in [0.2, 0.25) is 0 Å². The maximum atomic E-state index is 12.8. The van der Waals surface area contributed by atoms with Crippen molar-refractivity contribution < 1.29 is 26.7 Å². The third kappa shape index (κ3) is 5.16. The molecular weight excluding hydrogens is 465 g/mol. The van der Waals surface area contributed by atoms with Gasteiger partial charge in [-0.25, -0.2) is 9.97 Å². The monoisotopic (exact) mass is 483 g/mol. The van der Waals surface area contributed by atoms with Crippen LogP contribution in [0.5, 0.6) is 0 Å². The predicted octanol–water partition coefficient (Wildman–Crippen LogP) is 2.26. The molecule has 14 heteroatoms. The number of nitrogens with zero attached hydrogens (tertiary/aromatic N) is 7. The summed E-state index contributed by atoms with van der Waals surface area (Å²) in [5, 5.41) is 7.84. The summed E-state index contributed by atoms with van der Waals surface area (Å²) in [4.78, 5) is 26.0. The number of rotatable bonds is 7. The average molecular weight is 483 g/mol. The first kappa shape index (κ1) is 23.6. The third-order valence-corrected chi connectivity index (χ3v) is 5.31. The van der Waals surface area contributed by atoms with E-state index in [4.69, 9.17) is 0 Å². The minimum Gasteiger partial charge on any atom is -0.365 e. The molecule has 0 saturated carbocycles. The Hall–Kier alpha value is -3.55. The van der Waals surface area contributed by atoms with Crippen molar-refractivity contribution in [2.24, 2.45) is 7.05 Å². The van der Waals surface area contributed by atoms with Crippen molar-refractivity contribution in [3.63, 3.8) is 0 Å². The first-order chi connectivity index (χ1) is 16.1. The van der Waals surface area contributed by atoms with Gasteiger partial charge in [-0.2, -0.15) is 22.0 Å². The maximum absolute atomic E-state index is 12.8. The van der Waals surface area contributed by atoms with Crippen LogP contribution in [0.2, 0.25) is 0 Å². The standard InChI is InChI=1S/C20H18F5N7O2/c1-31-15(17(29-30-31)18-27-6-12(7-28-18)20(23,24)25)3-2-11-5-26-8-13(4-16(11)33)32-9-14(10-32)34-19(21)22/h4-8,14,19H,2-3,9-10H2,1H3. The number of aryl methyl sites for hydroxylation is 2. The Balaban J connectivity index is 1.48. The predicted molar refractivity (Wildman–Crippen MR) is 108 cm³/mol. The van der Waals surface area contributed by atoms with Gasteiger partial charge in [0.15, 0.2) is 16.9 Å². The fourth-order valence-electron chi connectivity index (χ4n) is 3.45. The molecule has 9 nitrogen and oxygen atoms in total. The molecular formula is C20H18F5N7O2. The Kier molecular flexibility index (Phi) is 6.50. The van der Waals surface area contributed by atoms with Crippen LogP contribution in [-0.4, -0.2) is 55.8 Å². The number of hydrogen-bond acceptors (Lipinski definition) is 8. The molecule has 3 aromatic heterocycles. The zero-order chi connectivity index (χ0) is 24.5. The lowest BCUT2D eigenvalue weighted by atomic mass is 10.1. The van der Waals surface area contributed by atoms with E-state index in [-0.39, 0.29) is 42.9 Å². The van der Waals surface area contributed by atoms with E-state index in [1.165, 1.54) is 23.1 Å². The van der Waals surface area contributed by atoms with E-state index in [0.29, 0.717) is 29.3 Å². The molecule has 1 saturated heterocycles. The summed E-state index contributed by atoms with van der Waals surface area (Å²) in [6.45, 7) is -2.40. The van der Waals surface area contributed by atoms with Crippen LogP contribution in [0.1, 0.15) is 16.8 Å².